The maximum Gasteiger partial charge on any atom is 0.142 e. The zero-order valence-corrected chi connectivity index (χ0v) is 12.8. The average molecular weight is 285 g/mol. The highest BCUT2D eigenvalue weighted by molar-refractivity contribution is 5.56. The van der Waals surface area contributed by atoms with E-state index in [9.17, 15) is 0 Å². The van der Waals surface area contributed by atoms with Crippen molar-refractivity contribution in [2.24, 2.45) is 0 Å². The largest absolute Gasteiger partial charge is 0.492 e. The third-order valence-electron chi connectivity index (χ3n) is 3.20. The van der Waals surface area contributed by atoms with Gasteiger partial charge in [0.1, 0.15) is 18.1 Å². The number of benzene rings is 2. The number of ether oxygens (including phenoxy) is 2. The summed E-state index contributed by atoms with van der Waals surface area (Å²) in [5.74, 6) is 1.79. The van der Waals surface area contributed by atoms with Crippen LogP contribution in [0.3, 0.4) is 0 Å². The summed E-state index contributed by atoms with van der Waals surface area (Å²) in [5, 5.41) is 3.34. The summed E-state index contributed by atoms with van der Waals surface area (Å²) in [6.45, 7) is 6.15. The number of rotatable bonds is 8. The molecule has 0 bridgehead atoms. The monoisotopic (exact) mass is 285 g/mol. The lowest BCUT2D eigenvalue weighted by atomic mass is 10.2. The second-order valence-corrected chi connectivity index (χ2v) is 4.70. The molecule has 2 rings (SSSR count). The Bertz CT molecular complexity index is 537. The fraction of sp³-hybridized carbons (Fsp3) is 0.333. The lowest BCUT2D eigenvalue weighted by Crippen LogP contribution is -2.12. The van der Waals surface area contributed by atoms with Gasteiger partial charge in [0.25, 0.3) is 0 Å². The Hall–Kier alpha value is -2.16. The second-order valence-electron chi connectivity index (χ2n) is 4.70. The van der Waals surface area contributed by atoms with E-state index in [-0.39, 0.29) is 0 Å². The van der Waals surface area contributed by atoms with Crippen molar-refractivity contribution in [3.8, 4) is 11.5 Å². The molecule has 1 N–H and O–H groups in total. The van der Waals surface area contributed by atoms with Gasteiger partial charge in [-0.3, -0.25) is 0 Å². The molecule has 0 saturated carbocycles. The highest BCUT2D eigenvalue weighted by Gasteiger charge is 2.01. The SMILES string of the molecule is CCOc1ccccc1NCCOc1ccc(CC)cc1. The Balaban J connectivity index is 1.79. The van der Waals surface area contributed by atoms with E-state index in [0.717, 1.165) is 30.2 Å². The van der Waals surface area contributed by atoms with E-state index < -0.39 is 0 Å². The van der Waals surface area contributed by atoms with Crippen LogP contribution >= 0.6 is 0 Å². The van der Waals surface area contributed by atoms with Crippen LogP contribution in [0.1, 0.15) is 19.4 Å². The number of anilines is 1. The maximum atomic E-state index is 5.72. The van der Waals surface area contributed by atoms with E-state index in [0.29, 0.717) is 13.2 Å². The highest BCUT2D eigenvalue weighted by Crippen LogP contribution is 2.23. The van der Waals surface area contributed by atoms with E-state index in [4.69, 9.17) is 9.47 Å². The molecule has 0 atom stereocenters. The van der Waals surface area contributed by atoms with Crippen LogP contribution < -0.4 is 14.8 Å². The van der Waals surface area contributed by atoms with Crippen molar-refractivity contribution in [3.05, 3.63) is 54.1 Å². The molecule has 112 valence electrons. The summed E-state index contributed by atoms with van der Waals surface area (Å²) in [5.41, 5.74) is 2.33. The van der Waals surface area contributed by atoms with E-state index >= 15 is 0 Å². The number of aryl methyl sites for hydroxylation is 1. The van der Waals surface area contributed by atoms with Gasteiger partial charge in [0.2, 0.25) is 0 Å². The minimum atomic E-state index is 0.617. The molecule has 2 aromatic carbocycles. The Morgan fingerprint density at radius 3 is 2.38 bits per heavy atom. The van der Waals surface area contributed by atoms with Gasteiger partial charge >= 0.3 is 0 Å². The fourth-order valence-electron chi connectivity index (χ4n) is 2.07. The van der Waals surface area contributed by atoms with Gasteiger partial charge in [-0.15, -0.1) is 0 Å². The zero-order chi connectivity index (χ0) is 14.9. The molecule has 0 fully saturated rings. The smallest absolute Gasteiger partial charge is 0.142 e. The second kappa shape index (κ2) is 8.20. The average Bonchev–Trinajstić information content (AvgIpc) is 2.54. The summed E-state index contributed by atoms with van der Waals surface area (Å²) in [6.07, 6.45) is 1.05. The molecule has 2 aromatic rings. The van der Waals surface area contributed by atoms with Gasteiger partial charge in [-0.25, -0.2) is 0 Å². The van der Waals surface area contributed by atoms with Gasteiger partial charge in [0.05, 0.1) is 12.3 Å². The number of hydrogen-bond acceptors (Lipinski definition) is 3. The molecule has 0 saturated heterocycles. The molecule has 0 amide bonds. The lowest BCUT2D eigenvalue weighted by molar-refractivity contribution is 0.330. The number of nitrogens with one attached hydrogen (secondary N) is 1. The summed E-state index contributed by atoms with van der Waals surface area (Å²) in [6, 6.07) is 16.2. The van der Waals surface area contributed by atoms with Crippen molar-refractivity contribution in [1.82, 2.24) is 0 Å². The van der Waals surface area contributed by atoms with Crippen molar-refractivity contribution in [3.63, 3.8) is 0 Å². The van der Waals surface area contributed by atoms with E-state index in [2.05, 4.69) is 24.4 Å². The van der Waals surface area contributed by atoms with E-state index in [1.807, 2.05) is 43.3 Å². The third-order valence-corrected chi connectivity index (χ3v) is 3.20. The topological polar surface area (TPSA) is 30.5 Å². The fourth-order valence-corrected chi connectivity index (χ4v) is 2.07. The van der Waals surface area contributed by atoms with Crippen LogP contribution in [0.25, 0.3) is 0 Å². The number of para-hydroxylation sites is 2. The first-order valence-corrected chi connectivity index (χ1v) is 7.51. The quantitative estimate of drug-likeness (QED) is 0.739. The van der Waals surface area contributed by atoms with Crippen molar-refractivity contribution >= 4 is 5.69 Å². The molecule has 21 heavy (non-hydrogen) atoms. The molecule has 0 radical (unpaired) electrons. The molecular weight excluding hydrogens is 262 g/mol. The summed E-state index contributed by atoms with van der Waals surface area (Å²) in [4.78, 5) is 0. The summed E-state index contributed by atoms with van der Waals surface area (Å²) < 4.78 is 11.3. The van der Waals surface area contributed by atoms with Crippen LogP contribution in [0, 0.1) is 0 Å². The Kier molecular flexibility index (Phi) is 5.95. The van der Waals surface area contributed by atoms with Crippen LogP contribution in [0.5, 0.6) is 11.5 Å². The summed E-state index contributed by atoms with van der Waals surface area (Å²) in [7, 11) is 0. The third kappa shape index (κ3) is 4.71. The lowest BCUT2D eigenvalue weighted by Gasteiger charge is -2.12. The molecule has 3 heteroatoms. The van der Waals surface area contributed by atoms with Gasteiger partial charge in [0, 0.05) is 6.54 Å². The van der Waals surface area contributed by atoms with Gasteiger partial charge in [-0.1, -0.05) is 31.2 Å². The molecule has 0 heterocycles. The van der Waals surface area contributed by atoms with Crippen molar-refractivity contribution in [2.75, 3.05) is 25.1 Å². The molecule has 0 aliphatic heterocycles. The van der Waals surface area contributed by atoms with E-state index in [1.165, 1.54) is 5.56 Å². The normalized spacial score (nSPS) is 10.2. The Morgan fingerprint density at radius 1 is 0.905 bits per heavy atom. The van der Waals surface area contributed by atoms with Gasteiger partial charge < -0.3 is 14.8 Å². The number of hydrogen-bond donors (Lipinski definition) is 1. The molecule has 0 aromatic heterocycles. The van der Waals surface area contributed by atoms with Crippen LogP contribution in [-0.2, 0) is 6.42 Å². The molecule has 0 aliphatic rings. The predicted octanol–water partition coefficient (Wildman–Crippen LogP) is 4.14. The van der Waals surface area contributed by atoms with Crippen molar-refractivity contribution < 1.29 is 9.47 Å². The van der Waals surface area contributed by atoms with Crippen molar-refractivity contribution in [2.45, 2.75) is 20.3 Å². The Labute approximate surface area is 126 Å². The first-order valence-electron chi connectivity index (χ1n) is 7.51. The van der Waals surface area contributed by atoms with Crippen molar-refractivity contribution in [1.29, 1.82) is 0 Å². The zero-order valence-electron chi connectivity index (χ0n) is 12.8. The van der Waals surface area contributed by atoms with Crippen LogP contribution in [0.2, 0.25) is 0 Å². The molecule has 0 aliphatic carbocycles. The minimum absolute atomic E-state index is 0.617. The van der Waals surface area contributed by atoms with Gasteiger partial charge in [-0.2, -0.15) is 0 Å². The first kappa shape index (κ1) is 15.2. The predicted molar refractivity (Wildman–Crippen MR) is 87.4 cm³/mol. The molecule has 3 nitrogen and oxygen atoms in total. The standard InChI is InChI=1S/C18H23NO2/c1-3-15-9-11-16(12-10-15)21-14-13-19-17-7-5-6-8-18(17)20-4-2/h5-12,19H,3-4,13-14H2,1-2H3. The van der Waals surface area contributed by atoms with E-state index in [1.54, 1.807) is 0 Å². The van der Waals surface area contributed by atoms with Crippen LogP contribution in [0.15, 0.2) is 48.5 Å². The minimum Gasteiger partial charge on any atom is -0.492 e. The van der Waals surface area contributed by atoms with Gasteiger partial charge in [0.15, 0.2) is 0 Å². The summed E-state index contributed by atoms with van der Waals surface area (Å²) >= 11 is 0. The van der Waals surface area contributed by atoms with Crippen LogP contribution in [0.4, 0.5) is 5.69 Å². The highest BCUT2D eigenvalue weighted by atomic mass is 16.5. The molecular formula is C18H23NO2. The van der Waals surface area contributed by atoms with Crippen LogP contribution in [-0.4, -0.2) is 19.8 Å². The molecule has 0 spiro atoms. The Morgan fingerprint density at radius 2 is 1.67 bits per heavy atom. The maximum absolute atomic E-state index is 5.72. The van der Waals surface area contributed by atoms with Gasteiger partial charge in [-0.05, 0) is 43.2 Å². The first-order chi connectivity index (χ1) is 10.3. The molecule has 0 unspecified atom stereocenters.